The molecule has 0 aliphatic carbocycles. The van der Waals surface area contributed by atoms with E-state index in [9.17, 15) is 0 Å². The summed E-state index contributed by atoms with van der Waals surface area (Å²) in [5.41, 5.74) is 7.76. The smallest absolute Gasteiger partial charge is 0.180 e. The van der Waals surface area contributed by atoms with Crippen LogP contribution in [-0.4, -0.2) is 24.1 Å². The topological polar surface area (TPSA) is 69.2 Å². The molecule has 0 saturated carbocycles. The summed E-state index contributed by atoms with van der Waals surface area (Å²) in [6.45, 7) is 6.33. The first kappa shape index (κ1) is 21.1. The van der Waals surface area contributed by atoms with Gasteiger partial charge in [0.25, 0.3) is 0 Å². The molecule has 0 amide bonds. The molecule has 0 heterocycles. The van der Waals surface area contributed by atoms with E-state index in [1.807, 2.05) is 51.1 Å². The highest BCUT2D eigenvalue weighted by atomic mass is 35.5. The summed E-state index contributed by atoms with van der Waals surface area (Å²) in [4.78, 5) is 0. The molecule has 2 rings (SSSR count). The van der Waals surface area contributed by atoms with Crippen LogP contribution in [0.5, 0.6) is 11.5 Å². The maximum atomic E-state index is 6.33. The number of rotatable bonds is 8. The Labute approximate surface area is 169 Å². The van der Waals surface area contributed by atoms with Crippen molar-refractivity contribution in [2.24, 2.45) is 15.9 Å². The zero-order valence-electron chi connectivity index (χ0n) is 15.7. The van der Waals surface area contributed by atoms with E-state index in [4.69, 9.17) is 26.8 Å². The molecule has 0 spiro atoms. The fourth-order valence-corrected chi connectivity index (χ4v) is 2.99. The van der Waals surface area contributed by atoms with Crippen LogP contribution in [0.25, 0.3) is 0 Å². The quantitative estimate of drug-likeness (QED) is 0.376. The second-order valence-corrected chi connectivity index (χ2v) is 7.28. The molecule has 0 atom stereocenters. The number of hydrogen-bond acceptors (Lipinski definition) is 5. The number of nitrogens with zero attached hydrogens (tertiary/aromatic N) is 2. The minimum Gasteiger partial charge on any atom is -0.490 e. The fraction of sp³-hybridized carbons (Fsp3) is 0.300. The van der Waals surface area contributed by atoms with E-state index in [-0.39, 0.29) is 6.10 Å². The Bertz CT molecular complexity index is 795. The molecule has 2 N–H and O–H groups in total. The number of halogens is 1. The minimum absolute atomic E-state index is 0.0193. The van der Waals surface area contributed by atoms with Gasteiger partial charge in [0, 0.05) is 17.4 Å². The zero-order valence-corrected chi connectivity index (χ0v) is 17.3. The summed E-state index contributed by atoms with van der Waals surface area (Å²) < 4.78 is 11.4. The molecule has 0 unspecified atom stereocenters. The van der Waals surface area contributed by atoms with Gasteiger partial charge in [0.05, 0.1) is 23.9 Å². The van der Waals surface area contributed by atoms with Gasteiger partial charge in [-0.05, 0) is 32.4 Å². The second-order valence-electron chi connectivity index (χ2n) is 5.88. The third-order valence-electron chi connectivity index (χ3n) is 3.31. The molecular weight excluding hydrogens is 382 g/mol. The minimum atomic E-state index is 0.0193. The summed E-state index contributed by atoms with van der Waals surface area (Å²) in [6, 6.07) is 13.6. The Hall–Kier alpha value is -2.18. The highest BCUT2D eigenvalue weighted by Crippen LogP contribution is 2.33. The Morgan fingerprint density at radius 3 is 2.63 bits per heavy atom. The van der Waals surface area contributed by atoms with Crippen molar-refractivity contribution in [1.29, 1.82) is 0 Å². The summed E-state index contributed by atoms with van der Waals surface area (Å²) >= 11 is 7.76. The van der Waals surface area contributed by atoms with Gasteiger partial charge in [-0.1, -0.05) is 53.7 Å². The van der Waals surface area contributed by atoms with Crippen LogP contribution in [0.3, 0.4) is 0 Å². The lowest BCUT2D eigenvalue weighted by atomic mass is 10.2. The molecule has 7 heteroatoms. The van der Waals surface area contributed by atoms with E-state index in [2.05, 4.69) is 10.2 Å². The van der Waals surface area contributed by atoms with Crippen LogP contribution < -0.4 is 15.2 Å². The van der Waals surface area contributed by atoms with E-state index in [0.29, 0.717) is 33.9 Å². The van der Waals surface area contributed by atoms with E-state index < -0.39 is 0 Å². The summed E-state index contributed by atoms with van der Waals surface area (Å²) in [5.74, 6) is 1.96. The Balaban J connectivity index is 2.07. The first-order valence-corrected chi connectivity index (χ1v) is 10.0. The number of thioether (sulfide) groups is 1. The van der Waals surface area contributed by atoms with E-state index in [1.165, 1.54) is 17.3 Å². The van der Waals surface area contributed by atoms with Crippen LogP contribution in [0.15, 0.2) is 52.7 Å². The van der Waals surface area contributed by atoms with Crippen molar-refractivity contribution in [2.75, 3.05) is 6.61 Å². The van der Waals surface area contributed by atoms with E-state index in [0.717, 1.165) is 5.75 Å². The van der Waals surface area contributed by atoms with Crippen LogP contribution in [0.1, 0.15) is 31.9 Å². The van der Waals surface area contributed by atoms with Gasteiger partial charge in [-0.2, -0.15) is 5.10 Å². The number of amidine groups is 1. The van der Waals surface area contributed by atoms with Crippen molar-refractivity contribution >= 4 is 34.7 Å². The predicted octanol–water partition coefficient (Wildman–Crippen LogP) is 5.11. The number of nitrogens with two attached hydrogens (primary N) is 1. The second kappa shape index (κ2) is 10.8. The molecule has 0 fully saturated rings. The van der Waals surface area contributed by atoms with Gasteiger partial charge in [-0.15, -0.1) is 5.10 Å². The molecule has 2 aromatic rings. The third kappa shape index (κ3) is 7.15. The number of ether oxygens (including phenoxy) is 2. The van der Waals surface area contributed by atoms with Gasteiger partial charge in [-0.25, -0.2) is 0 Å². The molecule has 0 bridgehead atoms. The van der Waals surface area contributed by atoms with Gasteiger partial charge in [-0.3, -0.25) is 0 Å². The normalized spacial score (nSPS) is 12.0. The molecular formula is C20H24ClN3O2S. The van der Waals surface area contributed by atoms with Crippen molar-refractivity contribution in [3.63, 3.8) is 0 Å². The van der Waals surface area contributed by atoms with E-state index >= 15 is 0 Å². The van der Waals surface area contributed by atoms with Crippen LogP contribution >= 0.6 is 23.4 Å². The lowest BCUT2D eigenvalue weighted by Gasteiger charge is -2.15. The Morgan fingerprint density at radius 1 is 1.22 bits per heavy atom. The lowest BCUT2D eigenvalue weighted by Crippen LogP contribution is -2.08. The predicted molar refractivity (Wildman–Crippen MR) is 115 cm³/mol. The fourth-order valence-electron chi connectivity index (χ4n) is 2.17. The Kier molecular flexibility index (Phi) is 8.48. The SMILES string of the molecule is CCOc1cc(C=NN=C(N)SCc2ccccc2)c(Cl)cc1OC(C)C. The summed E-state index contributed by atoms with van der Waals surface area (Å²) in [7, 11) is 0. The van der Waals surface area contributed by atoms with Crippen LogP contribution in [0.2, 0.25) is 5.02 Å². The van der Waals surface area contributed by atoms with Gasteiger partial charge in [0.15, 0.2) is 16.7 Å². The monoisotopic (exact) mass is 405 g/mol. The van der Waals surface area contributed by atoms with Crippen molar-refractivity contribution in [2.45, 2.75) is 32.6 Å². The van der Waals surface area contributed by atoms with Gasteiger partial charge < -0.3 is 15.2 Å². The largest absolute Gasteiger partial charge is 0.490 e. The van der Waals surface area contributed by atoms with E-state index in [1.54, 1.807) is 18.3 Å². The van der Waals surface area contributed by atoms with Crippen molar-refractivity contribution < 1.29 is 9.47 Å². The molecule has 0 aliphatic rings. The zero-order chi connectivity index (χ0) is 19.6. The van der Waals surface area contributed by atoms with Crippen LogP contribution in [0, 0.1) is 0 Å². The first-order chi connectivity index (χ1) is 13.0. The lowest BCUT2D eigenvalue weighted by molar-refractivity contribution is 0.224. The summed E-state index contributed by atoms with van der Waals surface area (Å²) in [5, 5.41) is 8.95. The molecule has 2 aromatic carbocycles. The number of hydrogen-bond donors (Lipinski definition) is 1. The maximum absolute atomic E-state index is 6.33. The standard InChI is InChI=1S/C20H24ClN3O2S/c1-4-25-18-10-16(17(21)11-19(18)26-14(2)3)12-23-24-20(22)27-13-15-8-6-5-7-9-15/h5-12,14H,4,13H2,1-3H3,(H2,22,24). The van der Waals surface area contributed by atoms with Crippen LogP contribution in [0.4, 0.5) is 0 Å². The number of benzene rings is 2. The van der Waals surface area contributed by atoms with Gasteiger partial charge in [0.1, 0.15) is 0 Å². The molecule has 5 nitrogen and oxygen atoms in total. The molecule has 0 radical (unpaired) electrons. The van der Waals surface area contributed by atoms with Gasteiger partial charge in [0.2, 0.25) is 0 Å². The molecule has 27 heavy (non-hydrogen) atoms. The third-order valence-corrected chi connectivity index (χ3v) is 4.49. The van der Waals surface area contributed by atoms with Crippen LogP contribution in [-0.2, 0) is 5.75 Å². The maximum Gasteiger partial charge on any atom is 0.180 e. The van der Waals surface area contributed by atoms with Crippen molar-refractivity contribution in [3.8, 4) is 11.5 Å². The Morgan fingerprint density at radius 2 is 1.96 bits per heavy atom. The van der Waals surface area contributed by atoms with Gasteiger partial charge >= 0.3 is 0 Å². The average molecular weight is 406 g/mol. The molecule has 0 aromatic heterocycles. The highest BCUT2D eigenvalue weighted by Gasteiger charge is 2.11. The average Bonchev–Trinajstić information content (AvgIpc) is 2.64. The summed E-state index contributed by atoms with van der Waals surface area (Å²) in [6.07, 6.45) is 1.57. The molecule has 144 valence electrons. The van der Waals surface area contributed by atoms with Crippen molar-refractivity contribution in [1.82, 2.24) is 0 Å². The highest BCUT2D eigenvalue weighted by molar-refractivity contribution is 8.13. The first-order valence-electron chi connectivity index (χ1n) is 8.65. The van der Waals surface area contributed by atoms with Crippen molar-refractivity contribution in [3.05, 3.63) is 58.6 Å². The molecule has 0 saturated heterocycles. The molecule has 0 aliphatic heterocycles.